The molecule has 1 rings (SSSR count). The second-order valence-electron chi connectivity index (χ2n) is 2.19. The van der Waals surface area contributed by atoms with E-state index in [1.165, 1.54) is 7.05 Å². The van der Waals surface area contributed by atoms with Gasteiger partial charge in [-0.2, -0.15) is 18.2 Å². The molecule has 0 saturated carbocycles. The number of nitrogens with zero attached hydrogens (tertiary/aromatic N) is 1. The zero-order valence-corrected chi connectivity index (χ0v) is 6.37. The maximum absolute atomic E-state index is 12.1. The van der Waals surface area contributed by atoms with E-state index in [4.69, 9.17) is 11.6 Å². The maximum Gasteiger partial charge on any atom is 0.426 e. The van der Waals surface area contributed by atoms with Crippen molar-refractivity contribution in [3.8, 4) is 0 Å². The Morgan fingerprint density at radius 3 is 2.27 bits per heavy atom. The molecule has 1 heterocycles. The summed E-state index contributed by atoms with van der Waals surface area (Å²) < 4.78 is 36.4. The van der Waals surface area contributed by atoms with E-state index in [0.29, 0.717) is 0 Å². The molecule has 0 amide bonds. The quantitative estimate of drug-likeness (QED) is 0.455. The molecule has 1 aliphatic heterocycles. The molecule has 1 atom stereocenters. The monoisotopic (exact) mass is 186 g/mol. The fourth-order valence-corrected chi connectivity index (χ4v) is 0.862. The Morgan fingerprint density at radius 2 is 2.09 bits per heavy atom. The number of likely N-dealkylation sites (N-methyl/N-ethyl adjacent to an activating group) is 1. The molecule has 2 nitrogen and oxygen atoms in total. The van der Waals surface area contributed by atoms with E-state index in [9.17, 15) is 13.2 Å². The van der Waals surface area contributed by atoms with Gasteiger partial charge in [-0.05, 0) is 6.08 Å². The molecule has 0 aromatic carbocycles. The van der Waals surface area contributed by atoms with Gasteiger partial charge in [0.2, 0.25) is 5.00 Å². The fraction of sp³-hybridized carbons (Fsp3) is 0.600. The Hall–Kier alpha value is -0.420. The van der Waals surface area contributed by atoms with Crippen molar-refractivity contribution in [2.24, 2.45) is 0 Å². The Kier molecular flexibility index (Phi) is 1.80. The van der Waals surface area contributed by atoms with Gasteiger partial charge in [-0.15, -0.1) is 0 Å². The average Bonchev–Trinajstić information content (AvgIpc) is 2.12. The fourth-order valence-electron chi connectivity index (χ4n) is 0.750. The highest BCUT2D eigenvalue weighted by Crippen LogP contribution is 2.40. The summed E-state index contributed by atoms with van der Waals surface area (Å²) >= 11 is 5.25. The van der Waals surface area contributed by atoms with Crippen molar-refractivity contribution < 1.29 is 13.2 Å². The summed E-state index contributed by atoms with van der Waals surface area (Å²) in [5.74, 6) is 0. The van der Waals surface area contributed by atoms with Gasteiger partial charge in [0.05, 0.1) is 0 Å². The maximum atomic E-state index is 12.1. The SMILES string of the molecule is CN1NC=CC1(Cl)C(F)(F)F. The minimum absolute atomic E-state index is 0.786. The average molecular weight is 187 g/mol. The van der Waals surface area contributed by atoms with Crippen LogP contribution in [-0.2, 0) is 0 Å². The summed E-state index contributed by atoms with van der Waals surface area (Å²) in [4.78, 5) is -2.40. The van der Waals surface area contributed by atoms with Crippen molar-refractivity contribution in [2.75, 3.05) is 7.05 Å². The number of nitrogens with one attached hydrogen (secondary N) is 1. The van der Waals surface area contributed by atoms with E-state index in [0.717, 1.165) is 17.3 Å². The second-order valence-corrected chi connectivity index (χ2v) is 2.77. The number of halogens is 4. The molecule has 1 unspecified atom stereocenters. The molecular formula is C5H6ClF3N2. The molecule has 0 aromatic heterocycles. The minimum atomic E-state index is -4.47. The molecule has 0 spiro atoms. The molecule has 1 N–H and O–H groups in total. The third kappa shape index (κ3) is 1.18. The molecule has 11 heavy (non-hydrogen) atoms. The van der Waals surface area contributed by atoms with Crippen molar-refractivity contribution in [1.29, 1.82) is 0 Å². The molecule has 0 bridgehead atoms. The van der Waals surface area contributed by atoms with E-state index in [2.05, 4.69) is 5.43 Å². The first kappa shape index (κ1) is 8.67. The number of hydrazine groups is 1. The molecule has 0 fully saturated rings. The van der Waals surface area contributed by atoms with Crippen LogP contribution in [0.4, 0.5) is 13.2 Å². The molecule has 1 aliphatic rings. The van der Waals surface area contributed by atoms with Gasteiger partial charge in [0.15, 0.2) is 0 Å². The van der Waals surface area contributed by atoms with Crippen LogP contribution in [0.15, 0.2) is 12.3 Å². The Bertz CT molecular complexity index is 191. The van der Waals surface area contributed by atoms with Crippen molar-refractivity contribution in [2.45, 2.75) is 11.2 Å². The molecule has 0 radical (unpaired) electrons. The van der Waals surface area contributed by atoms with Crippen molar-refractivity contribution in [1.82, 2.24) is 10.4 Å². The molecule has 6 heteroatoms. The first-order chi connectivity index (χ1) is 4.88. The van der Waals surface area contributed by atoms with Gasteiger partial charge in [0.1, 0.15) is 0 Å². The Morgan fingerprint density at radius 1 is 1.55 bits per heavy atom. The van der Waals surface area contributed by atoms with Crippen molar-refractivity contribution in [3.63, 3.8) is 0 Å². The van der Waals surface area contributed by atoms with E-state index in [1.54, 1.807) is 0 Å². The van der Waals surface area contributed by atoms with Crippen LogP contribution in [0.3, 0.4) is 0 Å². The van der Waals surface area contributed by atoms with E-state index >= 15 is 0 Å². The van der Waals surface area contributed by atoms with Crippen molar-refractivity contribution in [3.05, 3.63) is 12.3 Å². The van der Waals surface area contributed by atoms with Crippen molar-refractivity contribution >= 4 is 11.6 Å². The van der Waals surface area contributed by atoms with Gasteiger partial charge < -0.3 is 5.43 Å². The van der Waals surface area contributed by atoms with Crippen LogP contribution in [0, 0.1) is 0 Å². The third-order valence-electron chi connectivity index (χ3n) is 1.46. The third-order valence-corrected chi connectivity index (χ3v) is 2.05. The van der Waals surface area contributed by atoms with Gasteiger partial charge in [-0.3, -0.25) is 0 Å². The van der Waals surface area contributed by atoms with Gasteiger partial charge in [-0.1, -0.05) is 11.6 Å². The lowest BCUT2D eigenvalue weighted by molar-refractivity contribution is -0.183. The molecule has 0 saturated heterocycles. The highest BCUT2D eigenvalue weighted by molar-refractivity contribution is 6.25. The Balaban J connectivity index is 2.90. The summed E-state index contributed by atoms with van der Waals surface area (Å²) in [5, 5.41) is 0.786. The first-order valence-electron chi connectivity index (χ1n) is 2.81. The smallest absolute Gasteiger partial charge is 0.324 e. The van der Waals surface area contributed by atoms with E-state index in [-0.39, 0.29) is 0 Å². The summed E-state index contributed by atoms with van der Waals surface area (Å²) in [6, 6.07) is 0. The minimum Gasteiger partial charge on any atom is -0.324 e. The summed E-state index contributed by atoms with van der Waals surface area (Å²) in [6.07, 6.45) is -2.46. The largest absolute Gasteiger partial charge is 0.426 e. The summed E-state index contributed by atoms with van der Waals surface area (Å²) in [6.45, 7) is 0. The molecule has 0 aliphatic carbocycles. The normalized spacial score (nSPS) is 32.5. The van der Waals surface area contributed by atoms with Crippen LogP contribution in [0.1, 0.15) is 0 Å². The zero-order valence-electron chi connectivity index (χ0n) is 5.61. The lowest BCUT2D eigenvalue weighted by atomic mass is 10.3. The van der Waals surface area contributed by atoms with Crippen LogP contribution in [0.25, 0.3) is 0 Å². The van der Waals surface area contributed by atoms with Crippen LogP contribution >= 0.6 is 11.6 Å². The van der Waals surface area contributed by atoms with Crippen LogP contribution < -0.4 is 5.43 Å². The number of rotatable bonds is 0. The van der Waals surface area contributed by atoms with E-state index in [1.807, 2.05) is 0 Å². The zero-order chi connectivity index (χ0) is 8.70. The van der Waals surface area contributed by atoms with Crippen LogP contribution in [-0.4, -0.2) is 23.2 Å². The summed E-state index contributed by atoms with van der Waals surface area (Å²) in [5.41, 5.74) is 2.32. The number of hydrogen-bond acceptors (Lipinski definition) is 2. The van der Waals surface area contributed by atoms with Crippen LogP contribution in [0.2, 0.25) is 0 Å². The predicted molar refractivity (Wildman–Crippen MR) is 34.7 cm³/mol. The highest BCUT2D eigenvalue weighted by atomic mass is 35.5. The van der Waals surface area contributed by atoms with Gasteiger partial charge in [0, 0.05) is 13.2 Å². The Labute approximate surface area is 66.6 Å². The lowest BCUT2D eigenvalue weighted by Crippen LogP contribution is -2.51. The predicted octanol–water partition coefficient (Wildman–Crippen LogP) is 1.45. The van der Waals surface area contributed by atoms with Gasteiger partial charge in [0.25, 0.3) is 0 Å². The molecule has 0 aromatic rings. The summed E-state index contributed by atoms with van der Waals surface area (Å²) in [7, 11) is 1.22. The molecule has 64 valence electrons. The molecular weight excluding hydrogens is 181 g/mol. The lowest BCUT2D eigenvalue weighted by Gasteiger charge is -2.30. The number of hydrogen-bond donors (Lipinski definition) is 1. The topological polar surface area (TPSA) is 15.3 Å². The first-order valence-corrected chi connectivity index (χ1v) is 3.19. The number of alkyl halides is 4. The highest BCUT2D eigenvalue weighted by Gasteiger charge is 2.56. The van der Waals surface area contributed by atoms with Crippen LogP contribution in [0.5, 0.6) is 0 Å². The second kappa shape index (κ2) is 2.28. The van der Waals surface area contributed by atoms with Gasteiger partial charge >= 0.3 is 6.18 Å². The van der Waals surface area contributed by atoms with Gasteiger partial charge in [-0.25, -0.2) is 0 Å². The van der Waals surface area contributed by atoms with E-state index < -0.39 is 11.2 Å². The standard InChI is InChI=1S/C5H6ClF3N2/c1-11-4(6,2-3-10-11)5(7,8)9/h2-3,10H,1H3.